The Kier molecular flexibility index (Phi) is 5.65. The molecular formula is C15H11F2N3O4S. The van der Waals surface area contributed by atoms with Crippen LogP contribution in [-0.2, 0) is 4.79 Å². The number of thioether (sulfide) groups is 1. The van der Waals surface area contributed by atoms with E-state index in [1.165, 1.54) is 12.1 Å². The molecule has 0 bridgehead atoms. The summed E-state index contributed by atoms with van der Waals surface area (Å²) in [4.78, 5) is 33.4. The summed E-state index contributed by atoms with van der Waals surface area (Å²) in [7, 11) is 0. The van der Waals surface area contributed by atoms with Gasteiger partial charge in [-0.05, 0) is 24.3 Å². The molecule has 7 nitrogen and oxygen atoms in total. The highest BCUT2D eigenvalue weighted by Gasteiger charge is 2.19. The van der Waals surface area contributed by atoms with Gasteiger partial charge in [0.05, 0.1) is 15.6 Å². The molecule has 25 heavy (non-hydrogen) atoms. The Morgan fingerprint density at radius 1 is 1.20 bits per heavy atom. The first-order chi connectivity index (χ1) is 11.8. The monoisotopic (exact) mass is 367 g/mol. The van der Waals surface area contributed by atoms with E-state index in [-0.39, 0.29) is 16.2 Å². The van der Waals surface area contributed by atoms with Crippen molar-refractivity contribution in [2.24, 2.45) is 5.73 Å². The van der Waals surface area contributed by atoms with E-state index in [4.69, 9.17) is 5.73 Å². The number of nitro benzene ring substituents is 1. The van der Waals surface area contributed by atoms with Gasteiger partial charge in [-0.25, -0.2) is 8.78 Å². The number of primary amides is 1. The van der Waals surface area contributed by atoms with E-state index < -0.39 is 39.7 Å². The summed E-state index contributed by atoms with van der Waals surface area (Å²) in [5.74, 6) is -3.77. The number of nitrogens with one attached hydrogen (secondary N) is 1. The highest BCUT2D eigenvalue weighted by Crippen LogP contribution is 2.30. The van der Waals surface area contributed by atoms with Crippen molar-refractivity contribution < 1.29 is 23.3 Å². The van der Waals surface area contributed by atoms with E-state index in [1.807, 2.05) is 0 Å². The molecule has 0 aliphatic heterocycles. The van der Waals surface area contributed by atoms with Gasteiger partial charge in [-0.2, -0.15) is 0 Å². The third-order valence-corrected chi connectivity index (χ3v) is 4.09. The zero-order valence-electron chi connectivity index (χ0n) is 12.5. The second-order valence-electron chi connectivity index (χ2n) is 4.74. The SMILES string of the molecule is NC(=O)c1ccc(SCC(=O)Nc2c(F)cccc2F)c([N+](=O)[O-])c1. The van der Waals surface area contributed by atoms with Gasteiger partial charge in [-0.15, -0.1) is 11.8 Å². The topological polar surface area (TPSA) is 115 Å². The van der Waals surface area contributed by atoms with Crippen molar-refractivity contribution in [1.82, 2.24) is 0 Å². The van der Waals surface area contributed by atoms with E-state index in [1.54, 1.807) is 0 Å². The van der Waals surface area contributed by atoms with Crippen molar-refractivity contribution in [1.29, 1.82) is 0 Å². The summed E-state index contributed by atoms with van der Waals surface area (Å²) in [6.45, 7) is 0. The van der Waals surface area contributed by atoms with Crippen LogP contribution in [0.25, 0.3) is 0 Å². The maximum atomic E-state index is 13.5. The van der Waals surface area contributed by atoms with Crippen molar-refractivity contribution in [3.63, 3.8) is 0 Å². The van der Waals surface area contributed by atoms with Crippen molar-refractivity contribution in [3.8, 4) is 0 Å². The van der Waals surface area contributed by atoms with Crippen molar-refractivity contribution >= 4 is 35.0 Å². The number of hydrogen-bond donors (Lipinski definition) is 2. The van der Waals surface area contributed by atoms with Gasteiger partial charge in [0.2, 0.25) is 11.8 Å². The summed E-state index contributed by atoms with van der Waals surface area (Å²) in [5, 5.41) is 13.1. The number of anilines is 1. The highest BCUT2D eigenvalue weighted by atomic mass is 32.2. The van der Waals surface area contributed by atoms with Crippen LogP contribution in [-0.4, -0.2) is 22.5 Å². The van der Waals surface area contributed by atoms with Gasteiger partial charge >= 0.3 is 0 Å². The first-order valence-electron chi connectivity index (χ1n) is 6.74. The number of nitrogens with zero attached hydrogens (tertiary/aromatic N) is 1. The Bertz CT molecular complexity index is 840. The molecule has 0 unspecified atom stereocenters. The standard InChI is InChI=1S/C15H11F2N3O4S/c16-9-2-1-3-10(17)14(9)19-13(21)7-25-12-5-4-8(15(18)22)6-11(12)20(23)24/h1-6H,7H2,(H2,18,22)(H,19,21). The Morgan fingerprint density at radius 2 is 1.84 bits per heavy atom. The number of nitro groups is 1. The third kappa shape index (κ3) is 4.51. The molecular weight excluding hydrogens is 356 g/mol. The lowest BCUT2D eigenvalue weighted by molar-refractivity contribution is -0.387. The zero-order chi connectivity index (χ0) is 18.6. The van der Waals surface area contributed by atoms with Crippen molar-refractivity contribution in [2.75, 3.05) is 11.1 Å². The molecule has 0 saturated carbocycles. The van der Waals surface area contributed by atoms with E-state index >= 15 is 0 Å². The second kappa shape index (κ2) is 7.71. The Balaban J connectivity index is 2.12. The minimum absolute atomic E-state index is 0.0473. The highest BCUT2D eigenvalue weighted by molar-refractivity contribution is 8.00. The zero-order valence-corrected chi connectivity index (χ0v) is 13.3. The number of halogens is 2. The molecule has 3 N–H and O–H groups in total. The maximum absolute atomic E-state index is 13.5. The minimum Gasteiger partial charge on any atom is -0.366 e. The van der Waals surface area contributed by atoms with Crippen LogP contribution in [0.1, 0.15) is 10.4 Å². The van der Waals surface area contributed by atoms with Crippen LogP contribution in [0.2, 0.25) is 0 Å². The molecule has 0 atom stereocenters. The van der Waals surface area contributed by atoms with Crippen LogP contribution in [0.5, 0.6) is 0 Å². The first-order valence-corrected chi connectivity index (χ1v) is 7.73. The van der Waals surface area contributed by atoms with Gasteiger partial charge in [-0.1, -0.05) is 6.07 Å². The molecule has 0 aliphatic carbocycles. The van der Waals surface area contributed by atoms with Crippen LogP contribution in [0.15, 0.2) is 41.3 Å². The molecule has 0 heterocycles. The fourth-order valence-electron chi connectivity index (χ4n) is 1.87. The second-order valence-corrected chi connectivity index (χ2v) is 5.75. The van der Waals surface area contributed by atoms with Gasteiger partial charge in [0.15, 0.2) is 0 Å². The average molecular weight is 367 g/mol. The summed E-state index contributed by atoms with van der Waals surface area (Å²) in [6, 6.07) is 6.68. The molecule has 0 saturated heterocycles. The van der Waals surface area contributed by atoms with Crippen LogP contribution >= 0.6 is 11.8 Å². The van der Waals surface area contributed by atoms with Crippen LogP contribution < -0.4 is 11.1 Å². The van der Waals surface area contributed by atoms with Gasteiger partial charge in [0.1, 0.15) is 17.3 Å². The number of amides is 2. The average Bonchev–Trinajstić information content (AvgIpc) is 2.56. The number of benzene rings is 2. The lowest BCUT2D eigenvalue weighted by atomic mass is 10.2. The fraction of sp³-hybridized carbons (Fsp3) is 0.0667. The number of para-hydroxylation sites is 1. The summed E-state index contributed by atoms with van der Waals surface area (Å²) < 4.78 is 26.9. The van der Waals surface area contributed by atoms with E-state index in [2.05, 4.69) is 5.32 Å². The number of nitrogens with two attached hydrogens (primary N) is 1. The Hall–Kier alpha value is -3.01. The number of carbonyl (C=O) groups excluding carboxylic acids is 2. The molecule has 0 fully saturated rings. The smallest absolute Gasteiger partial charge is 0.283 e. The predicted molar refractivity (Wildman–Crippen MR) is 87.3 cm³/mol. The summed E-state index contributed by atoms with van der Waals surface area (Å²) in [6.07, 6.45) is 0. The molecule has 0 aromatic heterocycles. The Morgan fingerprint density at radius 3 is 2.40 bits per heavy atom. The van der Waals surface area contributed by atoms with E-state index in [9.17, 15) is 28.5 Å². The number of hydrogen-bond acceptors (Lipinski definition) is 5. The molecule has 2 aromatic rings. The van der Waals surface area contributed by atoms with Crippen LogP contribution in [0.4, 0.5) is 20.2 Å². The molecule has 0 aliphatic rings. The molecule has 2 rings (SSSR count). The van der Waals surface area contributed by atoms with Crippen LogP contribution in [0.3, 0.4) is 0 Å². The largest absolute Gasteiger partial charge is 0.366 e. The van der Waals surface area contributed by atoms with E-state index in [0.717, 1.165) is 36.0 Å². The summed E-state index contributed by atoms with van der Waals surface area (Å²) in [5.41, 5.74) is 4.03. The quantitative estimate of drug-likeness (QED) is 0.463. The van der Waals surface area contributed by atoms with Crippen LogP contribution in [0, 0.1) is 21.7 Å². The molecule has 0 radical (unpaired) electrons. The van der Waals surface area contributed by atoms with Gasteiger partial charge in [0.25, 0.3) is 5.69 Å². The molecule has 10 heteroatoms. The number of carbonyl (C=O) groups is 2. The first kappa shape index (κ1) is 18.3. The lowest BCUT2D eigenvalue weighted by Crippen LogP contribution is -2.16. The van der Waals surface area contributed by atoms with E-state index in [0.29, 0.717) is 0 Å². The molecule has 0 spiro atoms. The fourth-order valence-corrected chi connectivity index (χ4v) is 2.68. The van der Waals surface area contributed by atoms with Gasteiger partial charge < -0.3 is 11.1 Å². The summed E-state index contributed by atoms with van der Waals surface area (Å²) >= 11 is 0.784. The minimum atomic E-state index is -0.935. The normalized spacial score (nSPS) is 10.3. The third-order valence-electron chi connectivity index (χ3n) is 3.03. The van der Waals surface area contributed by atoms with Gasteiger partial charge in [0, 0.05) is 11.6 Å². The molecule has 130 valence electrons. The number of rotatable bonds is 6. The Labute approximate surface area is 144 Å². The van der Waals surface area contributed by atoms with Gasteiger partial charge in [-0.3, -0.25) is 19.7 Å². The van der Waals surface area contributed by atoms with Crippen molar-refractivity contribution in [3.05, 3.63) is 63.7 Å². The maximum Gasteiger partial charge on any atom is 0.283 e. The van der Waals surface area contributed by atoms with Crippen molar-refractivity contribution in [2.45, 2.75) is 4.90 Å². The molecule has 2 amide bonds. The predicted octanol–water partition coefficient (Wildman–Crippen LogP) is 2.70. The molecule has 2 aromatic carbocycles. The lowest BCUT2D eigenvalue weighted by Gasteiger charge is -2.08.